The van der Waals surface area contributed by atoms with Crippen LogP contribution in [0.3, 0.4) is 0 Å². The molecule has 2 unspecified atom stereocenters. The van der Waals surface area contributed by atoms with Crippen LogP contribution in [0.15, 0.2) is 0 Å². The number of likely N-dealkylation sites (tertiary alicyclic amines) is 1. The molecule has 6 heteroatoms. The van der Waals surface area contributed by atoms with Gasteiger partial charge in [-0.2, -0.15) is 0 Å². The van der Waals surface area contributed by atoms with Crippen molar-refractivity contribution in [1.82, 2.24) is 4.90 Å². The third kappa shape index (κ3) is 2.70. The van der Waals surface area contributed by atoms with Crippen LogP contribution in [0.5, 0.6) is 0 Å². The zero-order valence-corrected chi connectivity index (χ0v) is 9.38. The first-order chi connectivity index (χ1) is 7.24. The summed E-state index contributed by atoms with van der Waals surface area (Å²) in [6.45, 7) is 3.07. The summed E-state index contributed by atoms with van der Waals surface area (Å²) in [5.41, 5.74) is -1.13. The third-order valence-electron chi connectivity index (χ3n) is 2.78. The molecule has 0 bridgehead atoms. The number of hydrogen-bond acceptors (Lipinski definition) is 4. The first-order valence-corrected chi connectivity index (χ1v) is 5.11. The van der Waals surface area contributed by atoms with Crippen molar-refractivity contribution < 1.29 is 24.9 Å². The van der Waals surface area contributed by atoms with Gasteiger partial charge in [0.05, 0.1) is 17.6 Å². The molecular formula is C10H17NO5. The van der Waals surface area contributed by atoms with E-state index in [0.29, 0.717) is 0 Å². The highest BCUT2D eigenvalue weighted by molar-refractivity contribution is 5.84. The van der Waals surface area contributed by atoms with Crippen LogP contribution >= 0.6 is 0 Å². The summed E-state index contributed by atoms with van der Waals surface area (Å²) in [6.07, 6.45) is -2.00. The van der Waals surface area contributed by atoms with E-state index in [-0.39, 0.29) is 25.4 Å². The summed E-state index contributed by atoms with van der Waals surface area (Å²) >= 11 is 0. The Balaban J connectivity index is 2.57. The van der Waals surface area contributed by atoms with E-state index >= 15 is 0 Å². The Hall–Kier alpha value is -1.14. The molecule has 0 saturated carbocycles. The highest BCUT2D eigenvalue weighted by atomic mass is 16.4. The molecule has 0 aromatic rings. The molecular weight excluding hydrogens is 214 g/mol. The second-order valence-electron chi connectivity index (χ2n) is 4.80. The van der Waals surface area contributed by atoms with Gasteiger partial charge in [-0.15, -0.1) is 0 Å². The van der Waals surface area contributed by atoms with Crippen LogP contribution in [0.4, 0.5) is 0 Å². The van der Waals surface area contributed by atoms with Crippen LogP contribution in [-0.4, -0.2) is 57.4 Å². The first kappa shape index (κ1) is 12.9. The van der Waals surface area contributed by atoms with Crippen molar-refractivity contribution in [3.05, 3.63) is 0 Å². The molecule has 1 amide bonds. The highest BCUT2D eigenvalue weighted by Gasteiger charge is 2.37. The zero-order chi connectivity index (χ0) is 12.5. The van der Waals surface area contributed by atoms with Crippen molar-refractivity contribution in [2.75, 3.05) is 13.1 Å². The van der Waals surface area contributed by atoms with E-state index in [1.54, 1.807) is 0 Å². The van der Waals surface area contributed by atoms with Gasteiger partial charge in [-0.25, -0.2) is 0 Å². The lowest BCUT2D eigenvalue weighted by Gasteiger charge is -2.22. The Morgan fingerprint density at radius 2 is 1.69 bits per heavy atom. The summed E-state index contributed by atoms with van der Waals surface area (Å²) in [6, 6.07) is 0. The van der Waals surface area contributed by atoms with Crippen molar-refractivity contribution in [1.29, 1.82) is 0 Å². The molecule has 1 heterocycles. The van der Waals surface area contributed by atoms with E-state index in [1.807, 2.05) is 0 Å². The number of aliphatic hydroxyl groups is 2. The number of aliphatic hydroxyl groups excluding tert-OH is 2. The van der Waals surface area contributed by atoms with Crippen molar-refractivity contribution in [2.45, 2.75) is 32.5 Å². The van der Waals surface area contributed by atoms with E-state index < -0.39 is 23.6 Å². The van der Waals surface area contributed by atoms with Gasteiger partial charge in [0.1, 0.15) is 0 Å². The molecule has 1 saturated heterocycles. The third-order valence-corrected chi connectivity index (χ3v) is 2.78. The fourth-order valence-electron chi connectivity index (χ4n) is 1.54. The van der Waals surface area contributed by atoms with E-state index in [9.17, 15) is 19.8 Å². The van der Waals surface area contributed by atoms with E-state index in [2.05, 4.69) is 0 Å². The quantitative estimate of drug-likeness (QED) is 0.582. The van der Waals surface area contributed by atoms with Gasteiger partial charge < -0.3 is 20.2 Å². The van der Waals surface area contributed by atoms with Crippen molar-refractivity contribution >= 4 is 11.9 Å². The number of rotatable bonds is 3. The predicted octanol–water partition coefficient (Wildman–Crippen LogP) is -0.949. The number of carbonyl (C=O) groups is 2. The Kier molecular flexibility index (Phi) is 3.54. The second-order valence-corrected chi connectivity index (χ2v) is 4.80. The standard InChI is InChI=1S/C10H17NO5/c1-10(2,9(15)16)3-8(14)11-4-6(12)7(13)5-11/h6-7,12-13H,3-5H2,1-2H3,(H,15,16). The average Bonchev–Trinajstić information content (AvgIpc) is 2.46. The van der Waals surface area contributed by atoms with Crippen LogP contribution in [-0.2, 0) is 9.59 Å². The maximum absolute atomic E-state index is 11.7. The van der Waals surface area contributed by atoms with Crippen LogP contribution < -0.4 is 0 Å². The van der Waals surface area contributed by atoms with E-state index in [0.717, 1.165) is 0 Å². The van der Waals surface area contributed by atoms with Gasteiger partial charge >= 0.3 is 5.97 Å². The Morgan fingerprint density at radius 1 is 1.25 bits per heavy atom. The lowest BCUT2D eigenvalue weighted by molar-refractivity contribution is -0.151. The molecule has 6 nitrogen and oxygen atoms in total. The molecule has 0 radical (unpaired) electrons. The molecule has 3 N–H and O–H groups in total. The topological polar surface area (TPSA) is 98.1 Å². The maximum atomic E-state index is 11.7. The highest BCUT2D eigenvalue weighted by Crippen LogP contribution is 2.23. The Labute approximate surface area is 93.5 Å². The minimum absolute atomic E-state index is 0.0652. The van der Waals surface area contributed by atoms with E-state index in [4.69, 9.17) is 5.11 Å². The van der Waals surface area contributed by atoms with Crippen molar-refractivity contribution in [3.63, 3.8) is 0 Å². The minimum Gasteiger partial charge on any atom is -0.481 e. The minimum atomic E-state index is -1.13. The monoisotopic (exact) mass is 231 g/mol. The van der Waals surface area contributed by atoms with Crippen LogP contribution in [0.1, 0.15) is 20.3 Å². The number of carboxylic acid groups (broad SMARTS) is 1. The Morgan fingerprint density at radius 3 is 2.06 bits per heavy atom. The number of aliphatic carboxylic acids is 1. The molecule has 92 valence electrons. The lowest BCUT2D eigenvalue weighted by atomic mass is 9.89. The summed E-state index contributed by atoms with van der Waals surface area (Å²) < 4.78 is 0. The number of carboxylic acids is 1. The largest absolute Gasteiger partial charge is 0.481 e. The van der Waals surface area contributed by atoms with Gasteiger partial charge in [0, 0.05) is 19.5 Å². The summed E-state index contributed by atoms with van der Waals surface area (Å²) in [7, 11) is 0. The zero-order valence-electron chi connectivity index (χ0n) is 9.38. The van der Waals surface area contributed by atoms with Gasteiger partial charge in [0.2, 0.25) is 5.91 Å². The van der Waals surface area contributed by atoms with Crippen molar-refractivity contribution in [3.8, 4) is 0 Å². The fraction of sp³-hybridized carbons (Fsp3) is 0.800. The van der Waals surface area contributed by atoms with Crippen LogP contribution in [0.2, 0.25) is 0 Å². The number of carbonyl (C=O) groups excluding carboxylic acids is 1. The average molecular weight is 231 g/mol. The van der Waals surface area contributed by atoms with Gasteiger partial charge in [-0.05, 0) is 13.8 Å². The number of nitrogens with zero attached hydrogens (tertiary/aromatic N) is 1. The molecule has 16 heavy (non-hydrogen) atoms. The van der Waals surface area contributed by atoms with Gasteiger partial charge in [0.15, 0.2) is 0 Å². The van der Waals surface area contributed by atoms with Crippen LogP contribution in [0, 0.1) is 5.41 Å². The molecule has 2 atom stereocenters. The second kappa shape index (κ2) is 4.39. The van der Waals surface area contributed by atoms with Gasteiger partial charge in [-0.3, -0.25) is 9.59 Å². The van der Waals surface area contributed by atoms with Crippen LogP contribution in [0.25, 0.3) is 0 Å². The summed E-state index contributed by atoms with van der Waals surface area (Å²) in [5.74, 6) is -1.40. The molecule has 1 aliphatic heterocycles. The lowest BCUT2D eigenvalue weighted by Crippen LogP contribution is -2.36. The Bertz CT molecular complexity index is 292. The van der Waals surface area contributed by atoms with Gasteiger partial charge in [0.25, 0.3) is 0 Å². The molecule has 1 rings (SSSR count). The fourth-order valence-corrected chi connectivity index (χ4v) is 1.54. The normalized spacial score (nSPS) is 25.9. The molecule has 0 aromatic heterocycles. The maximum Gasteiger partial charge on any atom is 0.309 e. The molecule has 0 aromatic carbocycles. The summed E-state index contributed by atoms with van der Waals surface area (Å²) in [5, 5.41) is 27.4. The predicted molar refractivity (Wildman–Crippen MR) is 54.6 cm³/mol. The molecule has 0 spiro atoms. The molecule has 0 aliphatic carbocycles. The SMILES string of the molecule is CC(C)(CC(=O)N1CC(O)C(O)C1)C(=O)O. The summed E-state index contributed by atoms with van der Waals surface area (Å²) in [4.78, 5) is 23.8. The van der Waals surface area contributed by atoms with Gasteiger partial charge in [-0.1, -0.05) is 0 Å². The first-order valence-electron chi connectivity index (χ1n) is 5.11. The number of β-amino-alcohol motifs (C(OH)–C–C–N with tert-alkyl or cyclic N) is 2. The molecule has 1 aliphatic rings. The number of amides is 1. The smallest absolute Gasteiger partial charge is 0.309 e. The van der Waals surface area contributed by atoms with E-state index in [1.165, 1.54) is 18.7 Å². The van der Waals surface area contributed by atoms with Crippen molar-refractivity contribution in [2.24, 2.45) is 5.41 Å². The number of hydrogen-bond donors (Lipinski definition) is 3. The molecule has 1 fully saturated rings.